The Labute approximate surface area is 119 Å². The first-order valence-corrected chi connectivity index (χ1v) is 6.98. The van der Waals surface area contributed by atoms with Gasteiger partial charge in [0.2, 0.25) is 0 Å². The third-order valence-corrected chi connectivity index (χ3v) is 3.69. The van der Waals surface area contributed by atoms with Crippen molar-refractivity contribution in [1.82, 2.24) is 4.90 Å². The summed E-state index contributed by atoms with van der Waals surface area (Å²) in [6.45, 7) is 1.58. The Kier molecular flexibility index (Phi) is 4.71. The second-order valence-electron chi connectivity index (χ2n) is 5.00. The van der Waals surface area contributed by atoms with E-state index in [9.17, 15) is 4.79 Å². The molecule has 110 valence electrons. The number of rotatable bonds is 3. The van der Waals surface area contributed by atoms with Crippen LogP contribution in [0.1, 0.15) is 36.0 Å². The van der Waals surface area contributed by atoms with Gasteiger partial charge in [0.1, 0.15) is 11.5 Å². The van der Waals surface area contributed by atoms with E-state index in [0.29, 0.717) is 22.7 Å². The van der Waals surface area contributed by atoms with E-state index < -0.39 is 0 Å². The normalized spacial score (nSPS) is 15.6. The number of hydrogen-bond acceptors (Lipinski definition) is 4. The molecule has 1 heterocycles. The van der Waals surface area contributed by atoms with Gasteiger partial charge in [0.15, 0.2) is 0 Å². The van der Waals surface area contributed by atoms with Gasteiger partial charge in [0.25, 0.3) is 5.91 Å². The lowest BCUT2D eigenvalue weighted by Crippen LogP contribution is -2.32. The van der Waals surface area contributed by atoms with Crippen molar-refractivity contribution in [3.63, 3.8) is 0 Å². The van der Waals surface area contributed by atoms with Gasteiger partial charge in [-0.05, 0) is 18.9 Å². The van der Waals surface area contributed by atoms with Crippen LogP contribution >= 0.6 is 0 Å². The highest BCUT2D eigenvalue weighted by Crippen LogP contribution is 2.32. The summed E-state index contributed by atoms with van der Waals surface area (Å²) in [6.07, 6.45) is 4.46. The van der Waals surface area contributed by atoms with Gasteiger partial charge in [0, 0.05) is 19.2 Å². The minimum atomic E-state index is -0.0402. The summed E-state index contributed by atoms with van der Waals surface area (Å²) < 4.78 is 10.4. The fourth-order valence-corrected chi connectivity index (χ4v) is 2.51. The molecular weight excluding hydrogens is 256 g/mol. The van der Waals surface area contributed by atoms with E-state index in [2.05, 4.69) is 0 Å². The number of benzene rings is 1. The Morgan fingerprint density at radius 2 is 1.75 bits per heavy atom. The van der Waals surface area contributed by atoms with Crippen molar-refractivity contribution in [1.29, 1.82) is 0 Å². The van der Waals surface area contributed by atoms with Gasteiger partial charge in [-0.2, -0.15) is 0 Å². The van der Waals surface area contributed by atoms with Crippen LogP contribution in [0.2, 0.25) is 0 Å². The van der Waals surface area contributed by atoms with E-state index >= 15 is 0 Å². The zero-order valence-corrected chi connectivity index (χ0v) is 12.1. The summed E-state index contributed by atoms with van der Waals surface area (Å²) in [5.41, 5.74) is 6.87. The molecule has 1 amide bonds. The third-order valence-electron chi connectivity index (χ3n) is 3.69. The van der Waals surface area contributed by atoms with Gasteiger partial charge in [-0.25, -0.2) is 0 Å². The topological polar surface area (TPSA) is 64.8 Å². The largest absolute Gasteiger partial charge is 0.497 e. The molecule has 1 aromatic rings. The summed E-state index contributed by atoms with van der Waals surface area (Å²) in [7, 11) is 3.09. The lowest BCUT2D eigenvalue weighted by Gasteiger charge is -2.22. The molecular formula is C15H22N2O3. The monoisotopic (exact) mass is 278 g/mol. The zero-order chi connectivity index (χ0) is 14.5. The number of anilines is 1. The van der Waals surface area contributed by atoms with E-state index in [-0.39, 0.29) is 5.91 Å². The minimum Gasteiger partial charge on any atom is -0.497 e. The summed E-state index contributed by atoms with van der Waals surface area (Å²) in [5.74, 6) is 1.01. The molecule has 1 saturated heterocycles. The van der Waals surface area contributed by atoms with Gasteiger partial charge >= 0.3 is 0 Å². The van der Waals surface area contributed by atoms with Crippen LogP contribution in [0.4, 0.5) is 5.69 Å². The lowest BCUT2D eigenvalue weighted by atomic mass is 10.1. The first-order chi connectivity index (χ1) is 9.67. The Balaban J connectivity index is 2.32. The van der Waals surface area contributed by atoms with Crippen molar-refractivity contribution in [3.05, 3.63) is 17.7 Å². The van der Waals surface area contributed by atoms with Gasteiger partial charge in [0.05, 0.1) is 25.5 Å². The molecule has 5 heteroatoms. The second kappa shape index (κ2) is 6.50. The fourth-order valence-electron chi connectivity index (χ4n) is 2.51. The van der Waals surface area contributed by atoms with Crippen molar-refractivity contribution in [2.75, 3.05) is 33.0 Å². The van der Waals surface area contributed by atoms with E-state index in [1.807, 2.05) is 4.90 Å². The van der Waals surface area contributed by atoms with E-state index in [1.54, 1.807) is 19.2 Å². The van der Waals surface area contributed by atoms with Crippen molar-refractivity contribution in [3.8, 4) is 11.5 Å². The molecule has 0 spiro atoms. The van der Waals surface area contributed by atoms with Gasteiger partial charge in [-0.3, -0.25) is 4.79 Å². The van der Waals surface area contributed by atoms with Crippen molar-refractivity contribution in [2.24, 2.45) is 0 Å². The average Bonchev–Trinajstić information content (AvgIpc) is 2.76. The van der Waals surface area contributed by atoms with Crippen LogP contribution in [0, 0.1) is 0 Å². The number of ether oxygens (including phenoxy) is 2. The second-order valence-corrected chi connectivity index (χ2v) is 5.00. The van der Waals surface area contributed by atoms with Crippen LogP contribution in [-0.2, 0) is 0 Å². The Morgan fingerprint density at radius 3 is 2.30 bits per heavy atom. The van der Waals surface area contributed by atoms with Crippen LogP contribution in [0.3, 0.4) is 0 Å². The summed E-state index contributed by atoms with van der Waals surface area (Å²) in [5, 5.41) is 0. The highest BCUT2D eigenvalue weighted by Gasteiger charge is 2.22. The van der Waals surface area contributed by atoms with E-state index in [4.69, 9.17) is 15.2 Å². The van der Waals surface area contributed by atoms with Gasteiger partial charge in [-0.1, -0.05) is 12.8 Å². The van der Waals surface area contributed by atoms with Gasteiger partial charge < -0.3 is 20.1 Å². The van der Waals surface area contributed by atoms with Crippen LogP contribution in [0.5, 0.6) is 11.5 Å². The van der Waals surface area contributed by atoms with Crippen LogP contribution in [0.25, 0.3) is 0 Å². The van der Waals surface area contributed by atoms with Gasteiger partial charge in [-0.15, -0.1) is 0 Å². The molecule has 1 aromatic carbocycles. The Bertz CT molecular complexity index is 480. The quantitative estimate of drug-likeness (QED) is 0.862. The number of carbonyl (C=O) groups excluding carboxylic acids is 1. The molecule has 20 heavy (non-hydrogen) atoms. The fraction of sp³-hybridized carbons (Fsp3) is 0.533. The molecule has 0 aliphatic carbocycles. The highest BCUT2D eigenvalue weighted by molar-refractivity contribution is 6.01. The first kappa shape index (κ1) is 14.5. The molecule has 5 nitrogen and oxygen atoms in total. The van der Waals surface area contributed by atoms with Crippen LogP contribution in [0.15, 0.2) is 12.1 Å². The third kappa shape index (κ3) is 2.98. The van der Waals surface area contributed by atoms with Crippen LogP contribution in [-0.4, -0.2) is 38.1 Å². The number of nitrogen functional groups attached to an aromatic ring is 1. The number of likely N-dealkylation sites (tertiary alicyclic amines) is 1. The van der Waals surface area contributed by atoms with Crippen molar-refractivity contribution >= 4 is 11.6 Å². The molecule has 0 unspecified atom stereocenters. The molecule has 0 radical (unpaired) electrons. The maximum Gasteiger partial charge on any atom is 0.256 e. The number of carbonyl (C=O) groups is 1. The molecule has 1 aliphatic heterocycles. The summed E-state index contributed by atoms with van der Waals surface area (Å²) >= 11 is 0. The molecule has 1 aliphatic rings. The van der Waals surface area contributed by atoms with Crippen molar-refractivity contribution in [2.45, 2.75) is 25.7 Å². The number of hydrogen-bond donors (Lipinski definition) is 1. The first-order valence-electron chi connectivity index (χ1n) is 6.98. The number of nitrogens with zero attached hydrogens (tertiary/aromatic N) is 1. The Hall–Kier alpha value is -1.91. The minimum absolute atomic E-state index is 0.0402. The van der Waals surface area contributed by atoms with Crippen LogP contribution < -0.4 is 15.2 Å². The van der Waals surface area contributed by atoms with E-state index in [1.165, 1.54) is 20.0 Å². The maximum absolute atomic E-state index is 12.6. The van der Waals surface area contributed by atoms with Crippen molar-refractivity contribution < 1.29 is 14.3 Å². The summed E-state index contributed by atoms with van der Waals surface area (Å²) in [6, 6.07) is 3.37. The predicted octanol–water partition coefficient (Wildman–Crippen LogP) is 2.30. The molecule has 0 aromatic heterocycles. The molecule has 0 saturated carbocycles. The SMILES string of the molecule is COc1cc(OC)c(N)c(C(=O)N2CCCCCC2)c1. The Morgan fingerprint density at radius 1 is 1.10 bits per heavy atom. The van der Waals surface area contributed by atoms with E-state index in [0.717, 1.165) is 25.9 Å². The number of amides is 1. The number of nitrogens with two attached hydrogens (primary N) is 1. The molecule has 2 rings (SSSR count). The maximum atomic E-state index is 12.6. The summed E-state index contributed by atoms with van der Waals surface area (Å²) in [4.78, 5) is 14.5. The lowest BCUT2D eigenvalue weighted by molar-refractivity contribution is 0.0762. The average molecular weight is 278 g/mol. The molecule has 0 bridgehead atoms. The molecule has 0 atom stereocenters. The predicted molar refractivity (Wildman–Crippen MR) is 78.3 cm³/mol. The smallest absolute Gasteiger partial charge is 0.256 e. The molecule has 2 N–H and O–H groups in total. The number of methoxy groups -OCH3 is 2. The zero-order valence-electron chi connectivity index (χ0n) is 12.1. The highest BCUT2D eigenvalue weighted by atomic mass is 16.5. The molecule has 1 fully saturated rings. The standard InChI is InChI=1S/C15H22N2O3/c1-19-11-9-12(14(16)13(10-11)20-2)15(18)17-7-5-3-4-6-8-17/h9-10H,3-8,16H2,1-2H3.